The van der Waals surface area contributed by atoms with Crippen LogP contribution < -0.4 is 9.46 Å². The zero-order chi connectivity index (χ0) is 22.6. The number of nitrogens with zero attached hydrogens (tertiary/aromatic N) is 3. The molecule has 0 aliphatic carbocycles. The molecule has 2 heterocycles. The lowest BCUT2D eigenvalue weighted by atomic mass is 10.1. The Morgan fingerprint density at radius 3 is 2.66 bits per heavy atom. The van der Waals surface area contributed by atoms with Crippen molar-refractivity contribution < 1.29 is 22.3 Å². The standard InChI is InChI=1S/C22H21FN4O4S/c1-30-9-10-31-19-12-16(14-25-32(28,29)20-6-4-18(23)5-7-20)11-17(13-19)21-15-27-22(26-21)3-2-8-24-27/h2-8,11-13,15,25H,9-10,14H2,1H3. The van der Waals surface area contributed by atoms with Crippen LogP contribution in [0.2, 0.25) is 0 Å². The largest absolute Gasteiger partial charge is 0.491 e. The Bertz CT molecular complexity index is 1290. The highest BCUT2D eigenvalue weighted by Crippen LogP contribution is 2.26. The van der Waals surface area contributed by atoms with Gasteiger partial charge in [-0.05, 0) is 60.2 Å². The molecule has 0 fully saturated rings. The van der Waals surface area contributed by atoms with Crippen LogP contribution in [0.3, 0.4) is 0 Å². The van der Waals surface area contributed by atoms with Gasteiger partial charge in [0, 0.05) is 25.4 Å². The number of nitrogens with one attached hydrogen (secondary N) is 1. The first-order valence-electron chi connectivity index (χ1n) is 9.76. The molecule has 2 aromatic heterocycles. The Kier molecular flexibility index (Phi) is 6.45. The minimum atomic E-state index is -3.81. The fraction of sp³-hybridized carbons (Fsp3) is 0.182. The maximum Gasteiger partial charge on any atom is 0.240 e. The number of hydrogen-bond donors (Lipinski definition) is 1. The molecule has 166 valence electrons. The highest BCUT2D eigenvalue weighted by atomic mass is 32.2. The normalized spacial score (nSPS) is 11.7. The average molecular weight is 456 g/mol. The van der Waals surface area contributed by atoms with E-state index in [0.29, 0.717) is 35.9 Å². The van der Waals surface area contributed by atoms with E-state index in [1.54, 1.807) is 36.2 Å². The van der Waals surface area contributed by atoms with Gasteiger partial charge in [-0.1, -0.05) is 0 Å². The van der Waals surface area contributed by atoms with Gasteiger partial charge in [-0.25, -0.2) is 27.0 Å². The van der Waals surface area contributed by atoms with Crippen molar-refractivity contribution in [3.63, 3.8) is 0 Å². The second-order valence-electron chi connectivity index (χ2n) is 6.94. The predicted octanol–water partition coefficient (Wildman–Crippen LogP) is 3.04. The van der Waals surface area contributed by atoms with Crippen LogP contribution >= 0.6 is 0 Å². The third-order valence-corrected chi connectivity index (χ3v) is 6.06. The SMILES string of the molecule is COCCOc1cc(CNS(=O)(=O)c2ccc(F)cc2)cc(-c2cn3ncccc3n2)c1. The summed E-state index contributed by atoms with van der Waals surface area (Å²) in [5.41, 5.74) is 2.78. The molecule has 4 aromatic rings. The van der Waals surface area contributed by atoms with E-state index in [1.165, 1.54) is 12.1 Å². The van der Waals surface area contributed by atoms with Crippen molar-refractivity contribution in [2.75, 3.05) is 20.3 Å². The van der Waals surface area contributed by atoms with Gasteiger partial charge in [0.1, 0.15) is 18.2 Å². The van der Waals surface area contributed by atoms with Gasteiger partial charge < -0.3 is 9.47 Å². The summed E-state index contributed by atoms with van der Waals surface area (Å²) in [6.45, 7) is 0.766. The van der Waals surface area contributed by atoms with E-state index < -0.39 is 15.8 Å². The van der Waals surface area contributed by atoms with E-state index >= 15 is 0 Å². The van der Waals surface area contributed by atoms with Gasteiger partial charge in [0.05, 0.1) is 23.4 Å². The molecule has 0 aliphatic rings. The highest BCUT2D eigenvalue weighted by Gasteiger charge is 2.15. The summed E-state index contributed by atoms with van der Waals surface area (Å²) in [7, 11) is -2.23. The number of ether oxygens (including phenoxy) is 2. The summed E-state index contributed by atoms with van der Waals surface area (Å²) in [5.74, 6) is 0.0528. The van der Waals surface area contributed by atoms with Crippen LogP contribution in [-0.2, 0) is 21.3 Å². The topological polar surface area (TPSA) is 94.8 Å². The third kappa shape index (κ3) is 5.10. The quantitative estimate of drug-likeness (QED) is 0.389. The van der Waals surface area contributed by atoms with Crippen LogP contribution in [0.15, 0.2) is 71.9 Å². The first-order valence-corrected chi connectivity index (χ1v) is 11.2. The van der Waals surface area contributed by atoms with Crippen LogP contribution in [0.4, 0.5) is 4.39 Å². The van der Waals surface area contributed by atoms with Gasteiger partial charge in [-0.3, -0.25) is 0 Å². The fourth-order valence-corrected chi connectivity index (χ4v) is 4.10. The molecule has 0 bridgehead atoms. The smallest absolute Gasteiger partial charge is 0.240 e. The lowest BCUT2D eigenvalue weighted by Crippen LogP contribution is -2.23. The van der Waals surface area contributed by atoms with Gasteiger partial charge >= 0.3 is 0 Å². The molecule has 0 radical (unpaired) electrons. The van der Waals surface area contributed by atoms with Crippen LogP contribution in [-0.4, -0.2) is 43.3 Å². The minimum absolute atomic E-state index is 0.0137. The van der Waals surface area contributed by atoms with Gasteiger partial charge in [0.15, 0.2) is 5.65 Å². The van der Waals surface area contributed by atoms with Crippen molar-refractivity contribution in [3.8, 4) is 17.0 Å². The molecule has 0 amide bonds. The Morgan fingerprint density at radius 1 is 1.09 bits per heavy atom. The summed E-state index contributed by atoms with van der Waals surface area (Å²) < 4.78 is 53.3. The van der Waals surface area contributed by atoms with Crippen molar-refractivity contribution in [2.45, 2.75) is 11.4 Å². The van der Waals surface area contributed by atoms with Gasteiger partial charge in [0.2, 0.25) is 10.0 Å². The molecule has 0 spiro atoms. The van der Waals surface area contributed by atoms with Crippen LogP contribution in [0.5, 0.6) is 5.75 Å². The molecular weight excluding hydrogens is 435 g/mol. The van der Waals surface area contributed by atoms with E-state index in [4.69, 9.17) is 9.47 Å². The van der Waals surface area contributed by atoms with Crippen LogP contribution in [0.25, 0.3) is 16.9 Å². The molecular formula is C22H21FN4O4S. The van der Waals surface area contributed by atoms with E-state index in [9.17, 15) is 12.8 Å². The van der Waals surface area contributed by atoms with Gasteiger partial charge in [-0.15, -0.1) is 0 Å². The third-order valence-electron chi connectivity index (χ3n) is 4.65. The minimum Gasteiger partial charge on any atom is -0.491 e. The predicted molar refractivity (Wildman–Crippen MR) is 116 cm³/mol. The molecule has 0 saturated heterocycles. The molecule has 0 unspecified atom stereocenters. The number of imidazole rings is 1. The van der Waals surface area contributed by atoms with Crippen molar-refractivity contribution >= 4 is 15.7 Å². The second kappa shape index (κ2) is 9.43. The van der Waals surface area contributed by atoms with Crippen LogP contribution in [0.1, 0.15) is 5.56 Å². The first kappa shape index (κ1) is 21.9. The Labute approximate surface area is 184 Å². The number of methoxy groups -OCH3 is 1. The molecule has 10 heteroatoms. The summed E-state index contributed by atoms with van der Waals surface area (Å²) in [6, 6.07) is 13.7. The summed E-state index contributed by atoms with van der Waals surface area (Å²) in [6.07, 6.45) is 3.45. The molecule has 2 aromatic carbocycles. The number of fused-ring (bicyclic) bond motifs is 1. The number of rotatable bonds is 9. The van der Waals surface area contributed by atoms with Crippen LogP contribution in [0, 0.1) is 5.82 Å². The Morgan fingerprint density at radius 2 is 1.91 bits per heavy atom. The molecule has 8 nitrogen and oxygen atoms in total. The summed E-state index contributed by atoms with van der Waals surface area (Å²) in [4.78, 5) is 4.56. The fourth-order valence-electron chi connectivity index (χ4n) is 3.08. The van der Waals surface area contributed by atoms with Gasteiger partial charge in [0.25, 0.3) is 0 Å². The highest BCUT2D eigenvalue weighted by molar-refractivity contribution is 7.89. The zero-order valence-corrected chi connectivity index (χ0v) is 18.0. The zero-order valence-electron chi connectivity index (χ0n) is 17.2. The summed E-state index contributed by atoms with van der Waals surface area (Å²) in [5, 5.41) is 4.23. The number of sulfonamides is 1. The number of halogens is 1. The van der Waals surface area contributed by atoms with E-state index in [1.807, 2.05) is 18.2 Å². The lowest BCUT2D eigenvalue weighted by Gasteiger charge is -2.12. The monoisotopic (exact) mass is 456 g/mol. The van der Waals surface area contributed by atoms with Crippen molar-refractivity contribution in [3.05, 3.63) is 78.4 Å². The Hall–Kier alpha value is -3.34. The maximum absolute atomic E-state index is 13.1. The molecule has 32 heavy (non-hydrogen) atoms. The molecule has 0 aliphatic heterocycles. The van der Waals surface area contributed by atoms with Crippen molar-refractivity contribution in [1.29, 1.82) is 0 Å². The van der Waals surface area contributed by atoms with E-state index in [2.05, 4.69) is 14.8 Å². The lowest BCUT2D eigenvalue weighted by molar-refractivity contribution is 0.146. The molecule has 0 atom stereocenters. The number of hydrogen-bond acceptors (Lipinski definition) is 6. The summed E-state index contributed by atoms with van der Waals surface area (Å²) >= 11 is 0. The van der Waals surface area contributed by atoms with Crippen molar-refractivity contribution in [1.82, 2.24) is 19.3 Å². The number of benzene rings is 2. The van der Waals surface area contributed by atoms with E-state index in [0.717, 1.165) is 17.7 Å². The van der Waals surface area contributed by atoms with Gasteiger partial charge in [-0.2, -0.15) is 5.10 Å². The molecule has 4 rings (SSSR count). The second-order valence-corrected chi connectivity index (χ2v) is 8.70. The molecule has 1 N–H and O–H groups in total. The average Bonchev–Trinajstić information content (AvgIpc) is 3.23. The Balaban J connectivity index is 1.62. The van der Waals surface area contributed by atoms with E-state index in [-0.39, 0.29) is 11.4 Å². The maximum atomic E-state index is 13.1. The molecule has 0 saturated carbocycles. The number of aromatic nitrogens is 3. The van der Waals surface area contributed by atoms with Crippen molar-refractivity contribution in [2.24, 2.45) is 0 Å². The first-order chi connectivity index (χ1) is 15.4.